The standard InChI is InChI=1S/C26H25N5O/c32-26(22-10-11-22)30-13-12-18(15-30)16-31-24(29-23-14-27-17-28-25(23)31)21-8-6-20(7-9-21)19-4-2-1-3-5-19/h1-9,14,17-18,22H,10-13,15-16H2/t18-/m0/s1. The van der Waals surface area contributed by atoms with Gasteiger partial charge >= 0.3 is 0 Å². The maximum Gasteiger partial charge on any atom is 0.225 e. The van der Waals surface area contributed by atoms with E-state index in [1.54, 1.807) is 12.5 Å². The Morgan fingerprint density at radius 1 is 0.938 bits per heavy atom. The van der Waals surface area contributed by atoms with E-state index in [1.807, 2.05) is 6.07 Å². The molecule has 0 radical (unpaired) electrons. The second-order valence-electron chi connectivity index (χ2n) is 8.93. The van der Waals surface area contributed by atoms with Crippen LogP contribution in [0.15, 0.2) is 67.1 Å². The quantitative estimate of drug-likeness (QED) is 0.477. The zero-order valence-corrected chi connectivity index (χ0v) is 17.9. The Morgan fingerprint density at radius 2 is 1.69 bits per heavy atom. The lowest BCUT2D eigenvalue weighted by atomic mass is 10.0. The molecule has 1 amide bonds. The molecule has 1 aliphatic carbocycles. The number of fused-ring (bicyclic) bond motifs is 1. The lowest BCUT2D eigenvalue weighted by Crippen LogP contribution is -2.30. The number of benzene rings is 2. The number of rotatable bonds is 5. The Balaban J connectivity index is 1.30. The molecule has 2 aromatic heterocycles. The molecule has 1 saturated heterocycles. The normalized spacial score (nSPS) is 18.4. The molecule has 6 rings (SSSR count). The maximum absolute atomic E-state index is 12.5. The van der Waals surface area contributed by atoms with E-state index < -0.39 is 0 Å². The van der Waals surface area contributed by atoms with Crippen molar-refractivity contribution in [2.45, 2.75) is 25.8 Å². The lowest BCUT2D eigenvalue weighted by Gasteiger charge is -2.17. The van der Waals surface area contributed by atoms with Crippen molar-refractivity contribution < 1.29 is 4.79 Å². The van der Waals surface area contributed by atoms with E-state index in [0.29, 0.717) is 11.8 Å². The number of aromatic nitrogens is 4. The number of carbonyl (C=O) groups is 1. The molecule has 32 heavy (non-hydrogen) atoms. The molecule has 2 aliphatic rings. The van der Waals surface area contributed by atoms with Crippen LogP contribution in [0.5, 0.6) is 0 Å². The van der Waals surface area contributed by atoms with Crippen LogP contribution in [0.1, 0.15) is 19.3 Å². The minimum absolute atomic E-state index is 0.286. The largest absolute Gasteiger partial charge is 0.342 e. The molecule has 0 bridgehead atoms. The molecular formula is C26H25N5O. The van der Waals surface area contributed by atoms with Gasteiger partial charge in [-0.2, -0.15) is 0 Å². The van der Waals surface area contributed by atoms with Crippen LogP contribution in [-0.4, -0.2) is 43.4 Å². The summed E-state index contributed by atoms with van der Waals surface area (Å²) >= 11 is 0. The highest BCUT2D eigenvalue weighted by molar-refractivity contribution is 5.81. The van der Waals surface area contributed by atoms with Crippen LogP contribution in [-0.2, 0) is 11.3 Å². The Kier molecular flexibility index (Phi) is 4.71. The zero-order chi connectivity index (χ0) is 21.5. The lowest BCUT2D eigenvalue weighted by molar-refractivity contribution is -0.131. The number of likely N-dealkylation sites (tertiary alicyclic amines) is 1. The van der Waals surface area contributed by atoms with Crippen molar-refractivity contribution in [3.8, 4) is 22.5 Å². The highest BCUT2D eigenvalue weighted by atomic mass is 16.2. The second kappa shape index (κ2) is 7.86. The first-order valence-electron chi connectivity index (χ1n) is 11.4. The molecule has 2 fully saturated rings. The molecule has 6 heteroatoms. The van der Waals surface area contributed by atoms with E-state index in [9.17, 15) is 4.79 Å². The van der Waals surface area contributed by atoms with E-state index in [0.717, 1.165) is 61.4 Å². The molecule has 1 atom stereocenters. The SMILES string of the molecule is O=C(C1CC1)N1CC[C@H](Cn2c(-c3ccc(-c4ccccc4)cc3)nc3cncnc32)C1. The fourth-order valence-electron chi connectivity index (χ4n) is 4.74. The van der Waals surface area contributed by atoms with Crippen LogP contribution in [0, 0.1) is 11.8 Å². The third kappa shape index (κ3) is 3.55. The van der Waals surface area contributed by atoms with Crippen LogP contribution < -0.4 is 0 Å². The first-order chi connectivity index (χ1) is 15.8. The summed E-state index contributed by atoms with van der Waals surface area (Å²) in [6.07, 6.45) is 6.51. The summed E-state index contributed by atoms with van der Waals surface area (Å²) in [5.74, 6) is 1.95. The highest BCUT2D eigenvalue weighted by Gasteiger charge is 2.36. The Labute approximate surface area is 186 Å². The molecule has 2 aromatic carbocycles. The number of nitrogens with zero attached hydrogens (tertiary/aromatic N) is 5. The average Bonchev–Trinajstić information content (AvgIpc) is 3.49. The number of hydrogen-bond donors (Lipinski definition) is 0. The van der Waals surface area contributed by atoms with Gasteiger partial charge in [0.25, 0.3) is 0 Å². The van der Waals surface area contributed by atoms with Crippen LogP contribution in [0.4, 0.5) is 0 Å². The molecule has 160 valence electrons. The van der Waals surface area contributed by atoms with Gasteiger partial charge in [0.15, 0.2) is 5.65 Å². The highest BCUT2D eigenvalue weighted by Crippen LogP contribution is 2.34. The molecule has 4 aromatic rings. The number of imidazole rings is 1. The first kappa shape index (κ1) is 19.2. The third-order valence-electron chi connectivity index (χ3n) is 6.63. The predicted molar refractivity (Wildman–Crippen MR) is 124 cm³/mol. The van der Waals surface area contributed by atoms with Crippen LogP contribution in [0.3, 0.4) is 0 Å². The van der Waals surface area contributed by atoms with Crippen molar-refractivity contribution >= 4 is 17.1 Å². The molecule has 0 N–H and O–H groups in total. The number of amides is 1. The Hall–Kier alpha value is -3.54. The van der Waals surface area contributed by atoms with E-state index in [4.69, 9.17) is 4.98 Å². The molecule has 1 aliphatic heterocycles. The summed E-state index contributed by atoms with van der Waals surface area (Å²) in [6, 6.07) is 18.9. The minimum Gasteiger partial charge on any atom is -0.342 e. The van der Waals surface area contributed by atoms with E-state index in [2.05, 4.69) is 68.0 Å². The van der Waals surface area contributed by atoms with Gasteiger partial charge in [0.1, 0.15) is 17.7 Å². The summed E-state index contributed by atoms with van der Waals surface area (Å²) in [7, 11) is 0. The summed E-state index contributed by atoms with van der Waals surface area (Å²) in [5.41, 5.74) is 5.10. The van der Waals surface area contributed by atoms with Gasteiger partial charge in [0.2, 0.25) is 5.91 Å². The van der Waals surface area contributed by atoms with Gasteiger partial charge in [0, 0.05) is 31.1 Å². The Bertz CT molecular complexity index is 1260. The fourth-order valence-corrected chi connectivity index (χ4v) is 4.74. The summed E-state index contributed by atoms with van der Waals surface area (Å²) in [4.78, 5) is 28.1. The predicted octanol–water partition coefficient (Wildman–Crippen LogP) is 4.42. The molecule has 3 heterocycles. The van der Waals surface area contributed by atoms with E-state index in [-0.39, 0.29) is 5.92 Å². The van der Waals surface area contributed by atoms with Crippen LogP contribution in [0.25, 0.3) is 33.7 Å². The average molecular weight is 424 g/mol. The Morgan fingerprint density at radius 3 is 2.47 bits per heavy atom. The van der Waals surface area contributed by atoms with Crippen molar-refractivity contribution in [3.63, 3.8) is 0 Å². The number of hydrogen-bond acceptors (Lipinski definition) is 4. The first-order valence-corrected chi connectivity index (χ1v) is 11.4. The van der Waals surface area contributed by atoms with Crippen molar-refractivity contribution in [3.05, 3.63) is 67.1 Å². The van der Waals surface area contributed by atoms with E-state index in [1.165, 1.54) is 11.1 Å². The van der Waals surface area contributed by atoms with E-state index >= 15 is 0 Å². The molecular weight excluding hydrogens is 398 g/mol. The van der Waals surface area contributed by atoms with Gasteiger partial charge in [0.05, 0.1) is 6.20 Å². The summed E-state index contributed by atoms with van der Waals surface area (Å²) in [6.45, 7) is 2.49. The maximum atomic E-state index is 12.5. The fraction of sp³-hybridized carbons (Fsp3) is 0.308. The van der Waals surface area contributed by atoms with Gasteiger partial charge in [-0.3, -0.25) is 4.79 Å². The molecule has 1 saturated carbocycles. The zero-order valence-electron chi connectivity index (χ0n) is 17.9. The van der Waals surface area contributed by atoms with Crippen molar-refractivity contribution in [1.82, 2.24) is 24.4 Å². The monoisotopic (exact) mass is 423 g/mol. The van der Waals surface area contributed by atoms with Gasteiger partial charge in [-0.05, 0) is 36.3 Å². The molecule has 6 nitrogen and oxygen atoms in total. The van der Waals surface area contributed by atoms with Gasteiger partial charge in [-0.1, -0.05) is 54.6 Å². The second-order valence-corrected chi connectivity index (χ2v) is 8.93. The van der Waals surface area contributed by atoms with Crippen molar-refractivity contribution in [2.24, 2.45) is 11.8 Å². The molecule has 0 spiro atoms. The van der Waals surface area contributed by atoms with Crippen LogP contribution >= 0.6 is 0 Å². The van der Waals surface area contributed by atoms with Crippen molar-refractivity contribution in [2.75, 3.05) is 13.1 Å². The van der Waals surface area contributed by atoms with Crippen molar-refractivity contribution in [1.29, 1.82) is 0 Å². The van der Waals surface area contributed by atoms with Gasteiger partial charge in [-0.25, -0.2) is 15.0 Å². The summed E-state index contributed by atoms with van der Waals surface area (Å²) in [5, 5.41) is 0. The van der Waals surface area contributed by atoms with Gasteiger partial charge in [-0.15, -0.1) is 0 Å². The van der Waals surface area contributed by atoms with Gasteiger partial charge < -0.3 is 9.47 Å². The topological polar surface area (TPSA) is 63.9 Å². The minimum atomic E-state index is 0.286. The summed E-state index contributed by atoms with van der Waals surface area (Å²) < 4.78 is 2.21. The number of carbonyl (C=O) groups excluding carboxylic acids is 1. The van der Waals surface area contributed by atoms with Crippen LogP contribution in [0.2, 0.25) is 0 Å². The smallest absolute Gasteiger partial charge is 0.225 e. The molecule has 0 unspecified atom stereocenters. The third-order valence-corrected chi connectivity index (χ3v) is 6.63.